The molecule has 0 aliphatic carbocycles. The van der Waals surface area contributed by atoms with Crippen LogP contribution < -0.4 is 0 Å². The van der Waals surface area contributed by atoms with Gasteiger partial charge in [-0.05, 0) is 43.3 Å². The summed E-state index contributed by atoms with van der Waals surface area (Å²) in [5, 5.41) is 4.66. The molecule has 0 atom stereocenters. The Hall–Kier alpha value is -4.07. The average molecular weight is 430 g/mol. The molecule has 3 aromatic heterocycles. The lowest BCUT2D eigenvalue weighted by Gasteiger charge is -2.34. The van der Waals surface area contributed by atoms with Crippen LogP contribution in [0.3, 0.4) is 0 Å². The number of amides is 2. The van der Waals surface area contributed by atoms with Crippen LogP contribution in [0.15, 0.2) is 75.9 Å². The van der Waals surface area contributed by atoms with Crippen molar-refractivity contribution in [2.45, 2.75) is 6.92 Å². The Morgan fingerprint density at radius 3 is 2.22 bits per heavy atom. The van der Waals surface area contributed by atoms with Crippen molar-refractivity contribution in [2.24, 2.45) is 0 Å². The van der Waals surface area contributed by atoms with Crippen LogP contribution in [0.5, 0.6) is 0 Å². The van der Waals surface area contributed by atoms with Gasteiger partial charge in [0.05, 0.1) is 17.5 Å². The standard InChI is InChI=1S/C24H22N4O4/c1-17-9-10-20(32-17)22-19(16-28(25-22)18-6-3-2-4-7-18)23(29)26-11-13-27(14-12-26)24(30)21-8-5-15-31-21/h2-10,15-16H,11-14H2,1H3. The van der Waals surface area contributed by atoms with E-state index in [0.717, 1.165) is 11.4 Å². The predicted octanol–water partition coefficient (Wildman–Crippen LogP) is 3.63. The van der Waals surface area contributed by atoms with Crippen LogP contribution in [0.4, 0.5) is 0 Å². The van der Waals surface area contributed by atoms with Gasteiger partial charge in [0.1, 0.15) is 11.5 Å². The number of aryl methyl sites for hydroxylation is 1. The lowest BCUT2D eigenvalue weighted by molar-refractivity contribution is 0.0518. The Labute approximate surface area is 184 Å². The first-order chi connectivity index (χ1) is 15.6. The van der Waals surface area contributed by atoms with Crippen molar-refractivity contribution < 1.29 is 18.4 Å². The van der Waals surface area contributed by atoms with Crippen LogP contribution in [0.1, 0.15) is 26.7 Å². The van der Waals surface area contributed by atoms with E-state index >= 15 is 0 Å². The smallest absolute Gasteiger partial charge is 0.289 e. The van der Waals surface area contributed by atoms with Crippen molar-refractivity contribution in [1.29, 1.82) is 0 Å². The number of nitrogens with zero attached hydrogens (tertiary/aromatic N) is 4. The summed E-state index contributed by atoms with van der Waals surface area (Å²) < 4.78 is 12.7. The summed E-state index contributed by atoms with van der Waals surface area (Å²) in [6.07, 6.45) is 3.22. The second-order valence-electron chi connectivity index (χ2n) is 7.64. The number of hydrogen-bond donors (Lipinski definition) is 0. The molecule has 1 aliphatic rings. The van der Waals surface area contributed by atoms with Crippen molar-refractivity contribution in [3.05, 3.63) is 84.1 Å². The summed E-state index contributed by atoms with van der Waals surface area (Å²) in [7, 11) is 0. The Morgan fingerprint density at radius 1 is 0.875 bits per heavy atom. The van der Waals surface area contributed by atoms with Gasteiger partial charge in [-0.2, -0.15) is 5.10 Å². The Kier molecular flexibility index (Phi) is 5.10. The van der Waals surface area contributed by atoms with Gasteiger partial charge in [-0.3, -0.25) is 9.59 Å². The minimum Gasteiger partial charge on any atom is -0.460 e. The van der Waals surface area contributed by atoms with Crippen molar-refractivity contribution in [1.82, 2.24) is 19.6 Å². The normalized spacial score (nSPS) is 14.0. The Morgan fingerprint density at radius 2 is 1.59 bits per heavy atom. The molecule has 0 spiro atoms. The van der Waals surface area contributed by atoms with Crippen LogP contribution in [0, 0.1) is 6.92 Å². The van der Waals surface area contributed by atoms with E-state index in [0.29, 0.717) is 49.0 Å². The molecule has 162 valence electrons. The predicted molar refractivity (Wildman–Crippen MR) is 117 cm³/mol. The Bertz CT molecular complexity index is 1230. The van der Waals surface area contributed by atoms with E-state index in [-0.39, 0.29) is 11.8 Å². The molecule has 1 aromatic carbocycles. The molecular formula is C24H22N4O4. The van der Waals surface area contributed by atoms with E-state index in [1.54, 1.807) is 32.8 Å². The lowest BCUT2D eigenvalue weighted by atomic mass is 10.1. The summed E-state index contributed by atoms with van der Waals surface area (Å²) in [5.41, 5.74) is 1.82. The first kappa shape index (κ1) is 19.9. The zero-order chi connectivity index (χ0) is 22.1. The van der Waals surface area contributed by atoms with Gasteiger partial charge in [-0.25, -0.2) is 4.68 Å². The van der Waals surface area contributed by atoms with E-state index < -0.39 is 0 Å². The highest BCUT2D eigenvalue weighted by Gasteiger charge is 2.30. The summed E-state index contributed by atoms with van der Waals surface area (Å²) in [5.74, 6) is 1.31. The van der Waals surface area contributed by atoms with E-state index in [4.69, 9.17) is 8.83 Å². The van der Waals surface area contributed by atoms with E-state index in [9.17, 15) is 9.59 Å². The maximum absolute atomic E-state index is 13.5. The number of aromatic nitrogens is 2. The highest BCUT2D eigenvalue weighted by Crippen LogP contribution is 2.27. The molecule has 0 bridgehead atoms. The Balaban J connectivity index is 1.39. The molecule has 1 saturated heterocycles. The fraction of sp³-hybridized carbons (Fsp3) is 0.208. The lowest BCUT2D eigenvalue weighted by Crippen LogP contribution is -2.50. The van der Waals surface area contributed by atoms with Gasteiger partial charge < -0.3 is 18.6 Å². The summed E-state index contributed by atoms with van der Waals surface area (Å²) in [6.45, 7) is 3.59. The van der Waals surface area contributed by atoms with Gasteiger partial charge in [-0.15, -0.1) is 0 Å². The maximum Gasteiger partial charge on any atom is 0.289 e. The van der Waals surface area contributed by atoms with Gasteiger partial charge in [0.25, 0.3) is 11.8 Å². The van der Waals surface area contributed by atoms with Gasteiger partial charge in [0, 0.05) is 32.4 Å². The van der Waals surface area contributed by atoms with Gasteiger partial charge >= 0.3 is 0 Å². The average Bonchev–Trinajstić information content (AvgIpc) is 3.59. The summed E-state index contributed by atoms with van der Waals surface area (Å²) in [6, 6.07) is 16.6. The molecule has 4 aromatic rings. The van der Waals surface area contributed by atoms with Crippen LogP contribution >= 0.6 is 0 Å². The number of furan rings is 2. The molecule has 1 fully saturated rings. The number of rotatable bonds is 4. The minimum absolute atomic E-state index is 0.138. The number of carbonyl (C=O) groups is 2. The number of piperazine rings is 1. The third-order valence-electron chi connectivity index (χ3n) is 5.53. The molecule has 5 rings (SSSR count). The number of carbonyl (C=O) groups excluding carboxylic acids is 2. The molecule has 0 saturated carbocycles. The third-order valence-corrected chi connectivity index (χ3v) is 5.53. The fourth-order valence-corrected chi connectivity index (χ4v) is 3.83. The quantitative estimate of drug-likeness (QED) is 0.494. The van der Waals surface area contributed by atoms with Crippen molar-refractivity contribution in [3.63, 3.8) is 0 Å². The van der Waals surface area contributed by atoms with Gasteiger partial charge in [0.15, 0.2) is 11.5 Å². The number of hydrogen-bond acceptors (Lipinski definition) is 5. The molecule has 0 unspecified atom stereocenters. The van der Waals surface area contributed by atoms with E-state index in [2.05, 4.69) is 5.10 Å². The second kappa shape index (κ2) is 8.22. The third kappa shape index (κ3) is 3.71. The molecule has 1 aliphatic heterocycles. The van der Waals surface area contributed by atoms with Gasteiger partial charge in [-0.1, -0.05) is 18.2 Å². The first-order valence-corrected chi connectivity index (χ1v) is 10.4. The minimum atomic E-state index is -0.161. The maximum atomic E-state index is 13.5. The number of para-hydroxylation sites is 1. The molecule has 4 heterocycles. The first-order valence-electron chi connectivity index (χ1n) is 10.4. The van der Waals surface area contributed by atoms with Crippen molar-refractivity contribution in [2.75, 3.05) is 26.2 Å². The van der Waals surface area contributed by atoms with Crippen LogP contribution in [-0.2, 0) is 0 Å². The molecule has 0 radical (unpaired) electrons. The zero-order valence-electron chi connectivity index (χ0n) is 17.6. The van der Waals surface area contributed by atoms with Crippen LogP contribution in [0.2, 0.25) is 0 Å². The summed E-state index contributed by atoms with van der Waals surface area (Å²) >= 11 is 0. The van der Waals surface area contributed by atoms with Crippen molar-refractivity contribution >= 4 is 11.8 Å². The summed E-state index contributed by atoms with van der Waals surface area (Å²) in [4.78, 5) is 29.4. The number of benzene rings is 1. The fourth-order valence-electron chi connectivity index (χ4n) is 3.83. The monoisotopic (exact) mass is 430 g/mol. The highest BCUT2D eigenvalue weighted by atomic mass is 16.3. The second-order valence-corrected chi connectivity index (χ2v) is 7.64. The molecule has 0 N–H and O–H groups in total. The molecule has 8 heteroatoms. The molecule has 32 heavy (non-hydrogen) atoms. The zero-order valence-corrected chi connectivity index (χ0v) is 17.6. The van der Waals surface area contributed by atoms with Gasteiger partial charge in [0.2, 0.25) is 0 Å². The topological polar surface area (TPSA) is 84.7 Å². The van der Waals surface area contributed by atoms with Crippen LogP contribution in [-0.4, -0.2) is 57.6 Å². The van der Waals surface area contributed by atoms with Crippen LogP contribution in [0.25, 0.3) is 17.1 Å². The van der Waals surface area contributed by atoms with Crippen molar-refractivity contribution in [3.8, 4) is 17.1 Å². The highest BCUT2D eigenvalue weighted by molar-refractivity contribution is 5.99. The largest absolute Gasteiger partial charge is 0.460 e. The van der Waals surface area contributed by atoms with E-state index in [1.165, 1.54) is 6.26 Å². The molecular weight excluding hydrogens is 408 g/mol. The molecule has 2 amide bonds. The van der Waals surface area contributed by atoms with E-state index in [1.807, 2.05) is 49.4 Å². The SMILES string of the molecule is Cc1ccc(-c2nn(-c3ccccc3)cc2C(=O)N2CCN(C(=O)c3ccco3)CC2)o1. The molecule has 8 nitrogen and oxygen atoms in total.